The Morgan fingerprint density at radius 2 is 1.85 bits per heavy atom. The summed E-state index contributed by atoms with van der Waals surface area (Å²) in [5.41, 5.74) is 0.0852. The van der Waals surface area contributed by atoms with Crippen LogP contribution in [0.15, 0.2) is 24.3 Å². The van der Waals surface area contributed by atoms with Crippen LogP contribution < -0.4 is 5.32 Å². The number of hydrogen-bond donors (Lipinski definition) is 1. The van der Waals surface area contributed by atoms with E-state index in [9.17, 15) is 21.6 Å². The third-order valence-corrected chi connectivity index (χ3v) is 5.21. The predicted octanol–water partition coefficient (Wildman–Crippen LogP) is 2.23. The molecular weight excluding hydrogens is 291 g/mol. The molecule has 1 unspecified atom stereocenters. The molecule has 0 aromatic heterocycles. The van der Waals surface area contributed by atoms with Gasteiger partial charge in [0.2, 0.25) is 0 Å². The lowest BCUT2D eigenvalue weighted by Crippen LogP contribution is -2.23. The van der Waals surface area contributed by atoms with Crippen molar-refractivity contribution in [2.24, 2.45) is 5.92 Å². The second kappa shape index (κ2) is 5.73. The normalized spacial score (nSPS) is 22.1. The molecule has 0 saturated carbocycles. The smallest absolute Gasteiger partial charge is 0.312 e. The summed E-state index contributed by atoms with van der Waals surface area (Å²) in [6.45, 7) is 1.01. The number of alkyl halides is 3. The molecule has 1 aromatic carbocycles. The molecule has 1 saturated heterocycles. The summed E-state index contributed by atoms with van der Waals surface area (Å²) in [6.07, 6.45) is -3.66. The summed E-state index contributed by atoms with van der Waals surface area (Å²) in [5.74, 6) is 0.543. The van der Waals surface area contributed by atoms with Crippen molar-refractivity contribution in [1.82, 2.24) is 5.32 Å². The average molecular weight is 307 g/mol. The van der Waals surface area contributed by atoms with Gasteiger partial charge in [0.15, 0.2) is 9.84 Å². The highest BCUT2D eigenvalue weighted by Gasteiger charge is 2.30. The predicted molar refractivity (Wildman–Crippen MR) is 69.9 cm³/mol. The first-order chi connectivity index (χ1) is 9.26. The van der Waals surface area contributed by atoms with Crippen LogP contribution >= 0.6 is 0 Å². The van der Waals surface area contributed by atoms with Crippen molar-refractivity contribution >= 4 is 9.84 Å². The average Bonchev–Trinajstić information content (AvgIpc) is 2.68. The monoisotopic (exact) mass is 307 g/mol. The van der Waals surface area contributed by atoms with Gasteiger partial charge < -0.3 is 5.32 Å². The SMILES string of the molecule is O=S1(=O)CCC(CNCc2ccc(C(F)(F)F)cc2)C1. The zero-order chi connectivity index (χ0) is 14.8. The molecule has 7 heteroatoms. The molecule has 0 spiro atoms. The van der Waals surface area contributed by atoms with Gasteiger partial charge in [0.1, 0.15) is 0 Å². The van der Waals surface area contributed by atoms with Gasteiger partial charge >= 0.3 is 6.18 Å². The van der Waals surface area contributed by atoms with E-state index in [1.807, 2.05) is 0 Å². The second-order valence-electron chi connectivity index (χ2n) is 5.09. The van der Waals surface area contributed by atoms with Crippen molar-refractivity contribution in [2.45, 2.75) is 19.1 Å². The van der Waals surface area contributed by atoms with Gasteiger partial charge in [-0.15, -0.1) is 0 Å². The minimum atomic E-state index is -4.32. The van der Waals surface area contributed by atoms with Gasteiger partial charge in [0.05, 0.1) is 17.1 Å². The summed E-state index contributed by atoms with van der Waals surface area (Å²) in [6, 6.07) is 4.97. The standard InChI is InChI=1S/C13H16F3NO2S/c14-13(15,16)12-3-1-10(2-4-12)7-17-8-11-5-6-20(18,19)9-11/h1-4,11,17H,5-9H2. The van der Waals surface area contributed by atoms with Crippen LogP contribution in [0.3, 0.4) is 0 Å². The van der Waals surface area contributed by atoms with Crippen LogP contribution in [-0.4, -0.2) is 26.5 Å². The Morgan fingerprint density at radius 3 is 2.35 bits per heavy atom. The summed E-state index contributed by atoms with van der Waals surface area (Å²) < 4.78 is 59.7. The van der Waals surface area contributed by atoms with Gasteiger partial charge in [0.25, 0.3) is 0 Å². The molecular formula is C13H16F3NO2S. The van der Waals surface area contributed by atoms with E-state index < -0.39 is 21.6 Å². The van der Waals surface area contributed by atoms with E-state index in [4.69, 9.17) is 0 Å². The van der Waals surface area contributed by atoms with Crippen LogP contribution in [0.4, 0.5) is 13.2 Å². The Labute approximate surface area is 116 Å². The highest BCUT2D eigenvalue weighted by atomic mass is 32.2. The Bertz CT molecular complexity index is 552. The fourth-order valence-electron chi connectivity index (χ4n) is 2.27. The Hall–Kier alpha value is -1.08. The van der Waals surface area contributed by atoms with E-state index in [1.165, 1.54) is 12.1 Å². The van der Waals surface area contributed by atoms with E-state index in [-0.39, 0.29) is 17.4 Å². The Balaban J connectivity index is 1.80. The van der Waals surface area contributed by atoms with E-state index in [2.05, 4.69) is 5.32 Å². The zero-order valence-electron chi connectivity index (χ0n) is 10.8. The van der Waals surface area contributed by atoms with Gasteiger partial charge in [-0.1, -0.05) is 12.1 Å². The first kappa shape index (κ1) is 15.3. The van der Waals surface area contributed by atoms with E-state index >= 15 is 0 Å². The van der Waals surface area contributed by atoms with Gasteiger partial charge in [-0.3, -0.25) is 0 Å². The number of halogens is 3. The Morgan fingerprint density at radius 1 is 1.20 bits per heavy atom. The molecule has 0 aliphatic carbocycles. The van der Waals surface area contributed by atoms with Crippen LogP contribution in [-0.2, 0) is 22.6 Å². The second-order valence-corrected chi connectivity index (χ2v) is 7.32. The summed E-state index contributed by atoms with van der Waals surface area (Å²) in [7, 11) is -2.88. The third-order valence-electron chi connectivity index (χ3n) is 3.37. The molecule has 1 aliphatic heterocycles. The van der Waals surface area contributed by atoms with Crippen molar-refractivity contribution in [2.75, 3.05) is 18.1 Å². The van der Waals surface area contributed by atoms with Crippen LogP contribution in [0.25, 0.3) is 0 Å². The van der Waals surface area contributed by atoms with Gasteiger partial charge in [-0.05, 0) is 36.6 Å². The van der Waals surface area contributed by atoms with Gasteiger partial charge in [-0.2, -0.15) is 13.2 Å². The minimum Gasteiger partial charge on any atom is -0.312 e. The highest BCUT2D eigenvalue weighted by Crippen LogP contribution is 2.29. The zero-order valence-corrected chi connectivity index (χ0v) is 11.6. The lowest BCUT2D eigenvalue weighted by atomic mass is 10.1. The molecule has 0 bridgehead atoms. The van der Waals surface area contributed by atoms with Crippen molar-refractivity contribution in [3.8, 4) is 0 Å². The van der Waals surface area contributed by atoms with E-state index in [0.717, 1.165) is 17.7 Å². The van der Waals surface area contributed by atoms with Gasteiger partial charge in [-0.25, -0.2) is 8.42 Å². The molecule has 1 aromatic rings. The molecule has 3 nitrogen and oxygen atoms in total. The molecule has 1 atom stereocenters. The van der Waals surface area contributed by atoms with Gasteiger partial charge in [0, 0.05) is 6.54 Å². The van der Waals surface area contributed by atoms with E-state index in [0.29, 0.717) is 19.5 Å². The number of benzene rings is 1. The molecule has 2 rings (SSSR count). The molecule has 1 N–H and O–H groups in total. The number of sulfone groups is 1. The maximum Gasteiger partial charge on any atom is 0.416 e. The molecule has 0 amide bonds. The molecule has 20 heavy (non-hydrogen) atoms. The fourth-order valence-corrected chi connectivity index (χ4v) is 4.13. The Kier molecular flexibility index (Phi) is 4.39. The van der Waals surface area contributed by atoms with Crippen LogP contribution in [0.5, 0.6) is 0 Å². The van der Waals surface area contributed by atoms with Crippen molar-refractivity contribution in [3.05, 3.63) is 35.4 Å². The van der Waals surface area contributed by atoms with Crippen molar-refractivity contribution in [1.29, 1.82) is 0 Å². The first-order valence-electron chi connectivity index (χ1n) is 6.33. The molecule has 1 heterocycles. The quantitative estimate of drug-likeness (QED) is 0.928. The minimum absolute atomic E-state index is 0.106. The number of rotatable bonds is 4. The highest BCUT2D eigenvalue weighted by molar-refractivity contribution is 7.91. The summed E-state index contributed by atoms with van der Waals surface area (Å²) in [4.78, 5) is 0. The summed E-state index contributed by atoms with van der Waals surface area (Å²) in [5, 5.41) is 3.09. The molecule has 0 radical (unpaired) electrons. The maximum absolute atomic E-state index is 12.4. The maximum atomic E-state index is 12.4. The third kappa shape index (κ3) is 4.21. The lowest BCUT2D eigenvalue weighted by Gasteiger charge is -2.11. The van der Waals surface area contributed by atoms with Crippen LogP contribution in [0.2, 0.25) is 0 Å². The summed E-state index contributed by atoms with van der Waals surface area (Å²) >= 11 is 0. The topological polar surface area (TPSA) is 46.2 Å². The van der Waals surface area contributed by atoms with Crippen molar-refractivity contribution < 1.29 is 21.6 Å². The first-order valence-corrected chi connectivity index (χ1v) is 8.16. The lowest BCUT2D eigenvalue weighted by molar-refractivity contribution is -0.137. The van der Waals surface area contributed by atoms with Crippen LogP contribution in [0.1, 0.15) is 17.5 Å². The number of hydrogen-bond acceptors (Lipinski definition) is 3. The molecule has 1 aliphatic rings. The van der Waals surface area contributed by atoms with Crippen molar-refractivity contribution in [3.63, 3.8) is 0 Å². The van der Waals surface area contributed by atoms with Crippen LogP contribution in [0, 0.1) is 5.92 Å². The molecule has 1 fully saturated rings. The fraction of sp³-hybridized carbons (Fsp3) is 0.538. The number of nitrogens with one attached hydrogen (secondary N) is 1. The molecule has 112 valence electrons. The largest absolute Gasteiger partial charge is 0.416 e. The van der Waals surface area contributed by atoms with E-state index in [1.54, 1.807) is 0 Å².